The summed E-state index contributed by atoms with van der Waals surface area (Å²) in [6.07, 6.45) is 3.14. The van der Waals surface area contributed by atoms with E-state index in [1.54, 1.807) is 15.6 Å². The van der Waals surface area contributed by atoms with Gasteiger partial charge in [-0.1, -0.05) is 11.6 Å². The number of nitrogens with zero attached hydrogens (tertiary/aromatic N) is 4. The first-order valence-electron chi connectivity index (χ1n) is 9.50. The molecule has 0 aliphatic rings. The molecule has 0 atom stereocenters. The minimum atomic E-state index is -0.825. The van der Waals surface area contributed by atoms with Gasteiger partial charge >= 0.3 is 0 Å². The highest BCUT2D eigenvalue weighted by molar-refractivity contribution is 6.31. The number of carbonyl (C=O) groups is 1. The van der Waals surface area contributed by atoms with Crippen LogP contribution < -0.4 is 10.1 Å². The molecule has 4 rings (SSSR count). The number of aryl methyl sites for hydroxylation is 1. The largest absolute Gasteiger partial charge is 0.483 e. The summed E-state index contributed by atoms with van der Waals surface area (Å²) in [4.78, 5) is 12.4. The van der Waals surface area contributed by atoms with E-state index < -0.39 is 17.5 Å². The number of hydrogen-bond acceptors (Lipinski definition) is 5. The number of furan rings is 1. The van der Waals surface area contributed by atoms with Crippen LogP contribution in [-0.2, 0) is 13.3 Å². The number of ether oxygens (including phenoxy) is 1. The smallest absolute Gasteiger partial charge is 0.291 e. The van der Waals surface area contributed by atoms with Crippen molar-refractivity contribution in [2.45, 2.75) is 27.1 Å². The van der Waals surface area contributed by atoms with Crippen molar-refractivity contribution in [3.63, 3.8) is 0 Å². The maximum absolute atomic E-state index is 13.6. The van der Waals surface area contributed by atoms with Crippen LogP contribution in [0.15, 0.2) is 47.1 Å². The van der Waals surface area contributed by atoms with E-state index in [4.69, 9.17) is 20.8 Å². The fourth-order valence-corrected chi connectivity index (χ4v) is 3.10. The van der Waals surface area contributed by atoms with Crippen LogP contribution in [0.4, 0.5) is 14.5 Å². The van der Waals surface area contributed by atoms with E-state index in [-0.39, 0.29) is 18.1 Å². The number of rotatable bonds is 7. The maximum Gasteiger partial charge on any atom is 0.291 e. The Morgan fingerprint density at radius 1 is 1.25 bits per heavy atom. The van der Waals surface area contributed by atoms with Crippen LogP contribution in [0.5, 0.6) is 5.75 Å². The minimum Gasteiger partial charge on any atom is -0.483 e. The Hall–Kier alpha value is -3.66. The van der Waals surface area contributed by atoms with Gasteiger partial charge in [-0.25, -0.2) is 18.1 Å². The van der Waals surface area contributed by atoms with Crippen LogP contribution in [0.25, 0.3) is 0 Å². The van der Waals surface area contributed by atoms with Gasteiger partial charge in [-0.3, -0.25) is 4.79 Å². The molecule has 166 valence electrons. The number of aromatic nitrogens is 4. The molecule has 4 aromatic rings. The highest BCUT2D eigenvalue weighted by Gasteiger charge is 2.15. The fourth-order valence-electron chi connectivity index (χ4n) is 2.97. The van der Waals surface area contributed by atoms with E-state index in [9.17, 15) is 13.6 Å². The second-order valence-electron chi connectivity index (χ2n) is 6.98. The van der Waals surface area contributed by atoms with Crippen LogP contribution in [-0.4, -0.2) is 25.5 Å². The highest BCUT2D eigenvalue weighted by Crippen LogP contribution is 2.21. The van der Waals surface area contributed by atoms with Gasteiger partial charge in [-0.15, -0.1) is 0 Å². The van der Waals surface area contributed by atoms with Gasteiger partial charge in [0.2, 0.25) is 0 Å². The highest BCUT2D eigenvalue weighted by atomic mass is 35.5. The van der Waals surface area contributed by atoms with Gasteiger partial charge in [0.05, 0.1) is 34.5 Å². The third-order valence-corrected chi connectivity index (χ3v) is 5.16. The minimum absolute atomic E-state index is 0.0428. The predicted octanol–water partition coefficient (Wildman–Crippen LogP) is 4.56. The Morgan fingerprint density at radius 2 is 2.06 bits per heavy atom. The third kappa shape index (κ3) is 4.65. The van der Waals surface area contributed by atoms with Gasteiger partial charge in [0.1, 0.15) is 24.9 Å². The molecule has 8 nitrogen and oxygen atoms in total. The lowest BCUT2D eigenvalue weighted by molar-refractivity contribution is 0.0992. The Bertz CT molecular complexity index is 1280. The van der Waals surface area contributed by atoms with Gasteiger partial charge in [0, 0.05) is 6.07 Å². The van der Waals surface area contributed by atoms with Crippen molar-refractivity contribution in [3.05, 3.63) is 82.3 Å². The van der Waals surface area contributed by atoms with Gasteiger partial charge in [-0.2, -0.15) is 10.2 Å². The van der Waals surface area contributed by atoms with E-state index in [1.165, 1.54) is 24.4 Å². The number of anilines is 1. The Labute approximate surface area is 186 Å². The first-order chi connectivity index (χ1) is 15.3. The zero-order chi connectivity index (χ0) is 22.8. The molecule has 32 heavy (non-hydrogen) atoms. The third-order valence-electron chi connectivity index (χ3n) is 4.61. The van der Waals surface area contributed by atoms with Crippen molar-refractivity contribution in [2.24, 2.45) is 0 Å². The normalized spacial score (nSPS) is 11.0. The van der Waals surface area contributed by atoms with Crippen molar-refractivity contribution >= 4 is 23.2 Å². The second kappa shape index (κ2) is 8.83. The van der Waals surface area contributed by atoms with E-state index in [0.29, 0.717) is 23.1 Å². The van der Waals surface area contributed by atoms with E-state index in [1.807, 2.05) is 13.8 Å². The first kappa shape index (κ1) is 21.6. The topological polar surface area (TPSA) is 87.1 Å². The van der Waals surface area contributed by atoms with E-state index >= 15 is 0 Å². The lowest BCUT2D eigenvalue weighted by Gasteiger charge is -2.05. The van der Waals surface area contributed by atoms with E-state index in [0.717, 1.165) is 23.5 Å². The van der Waals surface area contributed by atoms with Crippen molar-refractivity contribution in [1.82, 2.24) is 19.6 Å². The Morgan fingerprint density at radius 3 is 2.78 bits per heavy atom. The summed E-state index contributed by atoms with van der Waals surface area (Å²) in [6, 6.07) is 5.99. The zero-order valence-corrected chi connectivity index (χ0v) is 17.9. The molecule has 11 heteroatoms. The quantitative estimate of drug-likeness (QED) is 0.436. The van der Waals surface area contributed by atoms with Crippen LogP contribution in [0, 0.1) is 25.5 Å². The summed E-state index contributed by atoms with van der Waals surface area (Å²) < 4.78 is 40.6. The molecule has 3 heterocycles. The molecule has 0 saturated carbocycles. The maximum atomic E-state index is 13.6. The van der Waals surface area contributed by atoms with Crippen molar-refractivity contribution < 1.29 is 22.7 Å². The predicted molar refractivity (Wildman–Crippen MR) is 112 cm³/mol. The average molecular weight is 462 g/mol. The molecule has 0 saturated heterocycles. The summed E-state index contributed by atoms with van der Waals surface area (Å²) in [7, 11) is 0. The van der Waals surface area contributed by atoms with Crippen LogP contribution in [0.3, 0.4) is 0 Å². The Kier molecular flexibility index (Phi) is 5.95. The van der Waals surface area contributed by atoms with Crippen molar-refractivity contribution in [1.29, 1.82) is 0 Å². The molecule has 0 spiro atoms. The molecule has 0 aliphatic carbocycles. The van der Waals surface area contributed by atoms with Crippen molar-refractivity contribution in [2.75, 3.05) is 5.32 Å². The number of nitrogens with one attached hydrogen (secondary N) is 1. The molecule has 0 unspecified atom stereocenters. The number of halogens is 3. The Balaban J connectivity index is 1.35. The first-order valence-corrected chi connectivity index (χ1v) is 9.88. The molecule has 1 aromatic carbocycles. The monoisotopic (exact) mass is 461 g/mol. The van der Waals surface area contributed by atoms with Gasteiger partial charge < -0.3 is 14.5 Å². The SMILES string of the molecule is Cc1nn(Cn2cc(NC(=O)c3ccc(COc4ccc(F)cc4F)o3)cn2)c(C)c1Cl. The van der Waals surface area contributed by atoms with Gasteiger partial charge in [0.25, 0.3) is 5.91 Å². The van der Waals surface area contributed by atoms with Gasteiger partial charge in [0.15, 0.2) is 17.3 Å². The molecule has 0 fully saturated rings. The standard InChI is InChI=1S/C21H18ClF2N5O3/c1-12-20(22)13(2)29(27-12)11-28-9-15(8-25-28)26-21(30)19-6-4-16(32-19)10-31-18-5-3-14(23)7-17(18)24/h3-9H,10-11H2,1-2H3,(H,26,30). The van der Waals surface area contributed by atoms with Gasteiger partial charge in [-0.05, 0) is 38.1 Å². The summed E-state index contributed by atoms with van der Waals surface area (Å²) in [5.41, 5.74) is 2.01. The van der Waals surface area contributed by atoms with Crippen LogP contribution in [0.1, 0.15) is 27.7 Å². The molecule has 0 bridgehead atoms. The second-order valence-corrected chi connectivity index (χ2v) is 7.36. The number of hydrogen-bond donors (Lipinski definition) is 1. The summed E-state index contributed by atoms with van der Waals surface area (Å²) in [5.74, 6) is -1.79. The zero-order valence-electron chi connectivity index (χ0n) is 17.1. The number of benzene rings is 1. The van der Waals surface area contributed by atoms with Crippen LogP contribution in [0.2, 0.25) is 5.02 Å². The molecule has 3 aromatic heterocycles. The van der Waals surface area contributed by atoms with E-state index in [2.05, 4.69) is 15.5 Å². The fraction of sp³-hybridized carbons (Fsp3) is 0.190. The molecule has 1 amide bonds. The summed E-state index contributed by atoms with van der Waals surface area (Å²) in [6.45, 7) is 3.88. The summed E-state index contributed by atoms with van der Waals surface area (Å²) in [5, 5.41) is 11.8. The number of carbonyl (C=O) groups excluding carboxylic acids is 1. The number of amides is 1. The van der Waals surface area contributed by atoms with Crippen molar-refractivity contribution in [3.8, 4) is 5.75 Å². The molecule has 1 N–H and O–H groups in total. The van der Waals surface area contributed by atoms with Crippen LogP contribution >= 0.6 is 11.6 Å². The molecule has 0 aliphatic heterocycles. The summed E-state index contributed by atoms with van der Waals surface area (Å²) >= 11 is 6.16. The lowest BCUT2D eigenvalue weighted by atomic mass is 10.3. The molecular formula is C21H18ClF2N5O3. The molecule has 0 radical (unpaired) electrons. The average Bonchev–Trinajstić information content (AvgIpc) is 3.45. The molecular weight excluding hydrogens is 444 g/mol. The lowest BCUT2D eigenvalue weighted by Crippen LogP contribution is -2.12.